The minimum atomic E-state index is -4.47. The maximum atomic E-state index is 13.2. The Balaban J connectivity index is 1.44. The topological polar surface area (TPSA) is 77.6 Å². The molecule has 0 bridgehead atoms. The number of halogens is 3. The summed E-state index contributed by atoms with van der Waals surface area (Å²) in [5, 5.41) is 7.12. The van der Waals surface area contributed by atoms with Crippen molar-refractivity contribution in [2.24, 2.45) is 0 Å². The summed E-state index contributed by atoms with van der Waals surface area (Å²) in [4.78, 5) is 21.7. The molecule has 0 saturated heterocycles. The third kappa shape index (κ3) is 4.04. The fraction of sp³-hybridized carbons (Fsp3) is 0.333. The summed E-state index contributed by atoms with van der Waals surface area (Å²) in [6, 6.07) is 10.2. The zero-order chi connectivity index (χ0) is 23.9. The number of para-hydroxylation sites is 2. The van der Waals surface area contributed by atoms with Crippen LogP contribution < -0.4 is 5.32 Å². The molecule has 176 valence electrons. The summed E-state index contributed by atoms with van der Waals surface area (Å²) in [5.74, 6) is 0.292. The number of imidazole rings is 1. The molecule has 1 fully saturated rings. The molecule has 0 aliphatic heterocycles. The molecule has 34 heavy (non-hydrogen) atoms. The van der Waals surface area contributed by atoms with E-state index in [1.165, 1.54) is 23.4 Å². The second-order valence-corrected chi connectivity index (χ2v) is 8.50. The van der Waals surface area contributed by atoms with Gasteiger partial charge in [-0.3, -0.25) is 10.1 Å². The number of hydrogen-bond acceptors (Lipinski definition) is 4. The van der Waals surface area contributed by atoms with E-state index in [9.17, 15) is 18.0 Å². The van der Waals surface area contributed by atoms with Gasteiger partial charge in [-0.2, -0.15) is 18.3 Å². The molecule has 0 atom stereocenters. The first kappa shape index (κ1) is 22.1. The highest BCUT2D eigenvalue weighted by molar-refractivity contribution is 6.04. The minimum Gasteiger partial charge on any atom is -0.307 e. The lowest BCUT2D eigenvalue weighted by molar-refractivity contribution is -0.137. The monoisotopic (exact) mass is 468 g/mol. The van der Waals surface area contributed by atoms with Crippen molar-refractivity contribution in [2.75, 3.05) is 5.32 Å². The van der Waals surface area contributed by atoms with Crippen LogP contribution in [-0.2, 0) is 6.18 Å². The van der Waals surface area contributed by atoms with Gasteiger partial charge in [-0.05, 0) is 44.0 Å². The van der Waals surface area contributed by atoms with Gasteiger partial charge in [-0.1, -0.05) is 31.4 Å². The Hall–Kier alpha value is -3.69. The SMILES string of the molecule is Cc1c(C(=O)Nc2nc3ccccc3n2C2CCCCC2)cnn1-c1ccc(C(F)(F)F)cn1. The maximum absolute atomic E-state index is 13.2. The lowest BCUT2D eigenvalue weighted by Gasteiger charge is -2.25. The zero-order valence-corrected chi connectivity index (χ0v) is 18.5. The van der Waals surface area contributed by atoms with E-state index in [2.05, 4.69) is 25.0 Å². The number of nitrogens with one attached hydrogen (secondary N) is 1. The van der Waals surface area contributed by atoms with Gasteiger partial charge in [0.2, 0.25) is 5.95 Å². The van der Waals surface area contributed by atoms with Gasteiger partial charge >= 0.3 is 6.18 Å². The molecule has 1 aliphatic carbocycles. The molecule has 5 rings (SSSR count). The van der Waals surface area contributed by atoms with E-state index in [0.29, 0.717) is 17.2 Å². The molecule has 1 aromatic carbocycles. The smallest absolute Gasteiger partial charge is 0.307 e. The Morgan fingerprint density at radius 3 is 2.53 bits per heavy atom. The van der Waals surface area contributed by atoms with E-state index in [-0.39, 0.29) is 17.8 Å². The van der Waals surface area contributed by atoms with Crippen LogP contribution in [0.4, 0.5) is 19.1 Å². The quantitative estimate of drug-likeness (QED) is 0.417. The molecule has 0 radical (unpaired) electrons. The van der Waals surface area contributed by atoms with Crippen molar-refractivity contribution in [3.05, 3.63) is 65.6 Å². The van der Waals surface area contributed by atoms with Crippen LogP contribution in [0.5, 0.6) is 0 Å². The van der Waals surface area contributed by atoms with Crippen molar-refractivity contribution in [3.63, 3.8) is 0 Å². The normalized spacial score (nSPS) is 15.1. The number of fused-ring (bicyclic) bond motifs is 1. The van der Waals surface area contributed by atoms with E-state index in [0.717, 1.165) is 49.0 Å². The van der Waals surface area contributed by atoms with Gasteiger partial charge in [0, 0.05) is 12.2 Å². The minimum absolute atomic E-state index is 0.194. The predicted octanol–water partition coefficient (Wildman–Crippen LogP) is 5.70. The number of benzene rings is 1. The van der Waals surface area contributed by atoms with E-state index in [1.54, 1.807) is 6.92 Å². The third-order valence-electron chi connectivity index (χ3n) is 6.31. The number of carbonyl (C=O) groups excluding carboxylic acids is 1. The van der Waals surface area contributed by atoms with Crippen molar-refractivity contribution in [2.45, 2.75) is 51.2 Å². The summed E-state index contributed by atoms with van der Waals surface area (Å²) in [7, 11) is 0. The Morgan fingerprint density at radius 2 is 1.82 bits per heavy atom. The van der Waals surface area contributed by atoms with Gasteiger partial charge < -0.3 is 4.57 Å². The molecule has 0 unspecified atom stereocenters. The van der Waals surface area contributed by atoms with E-state index >= 15 is 0 Å². The molecular formula is C24H23F3N6O. The van der Waals surface area contributed by atoms with Crippen LogP contribution in [0.1, 0.15) is 59.8 Å². The number of carbonyl (C=O) groups is 1. The summed E-state index contributed by atoms with van der Waals surface area (Å²) in [6.45, 7) is 1.67. The average molecular weight is 468 g/mol. The summed E-state index contributed by atoms with van der Waals surface area (Å²) < 4.78 is 42.0. The second-order valence-electron chi connectivity index (χ2n) is 8.50. The molecule has 1 aliphatic rings. The van der Waals surface area contributed by atoms with E-state index in [1.807, 2.05) is 24.3 Å². The number of rotatable bonds is 4. The van der Waals surface area contributed by atoms with Crippen LogP contribution in [0.2, 0.25) is 0 Å². The fourth-order valence-electron chi connectivity index (χ4n) is 4.55. The maximum Gasteiger partial charge on any atom is 0.417 e. The van der Waals surface area contributed by atoms with Gasteiger partial charge in [0.1, 0.15) is 0 Å². The van der Waals surface area contributed by atoms with Crippen molar-refractivity contribution >= 4 is 22.9 Å². The van der Waals surface area contributed by atoms with Gasteiger partial charge in [-0.25, -0.2) is 14.6 Å². The van der Waals surface area contributed by atoms with Crippen molar-refractivity contribution in [3.8, 4) is 5.82 Å². The first-order valence-electron chi connectivity index (χ1n) is 11.2. The largest absolute Gasteiger partial charge is 0.417 e. The molecule has 0 spiro atoms. The second kappa shape index (κ2) is 8.58. The first-order valence-corrected chi connectivity index (χ1v) is 11.2. The van der Waals surface area contributed by atoms with Crippen LogP contribution in [0, 0.1) is 6.92 Å². The average Bonchev–Trinajstić information content (AvgIpc) is 3.39. The highest BCUT2D eigenvalue weighted by Gasteiger charge is 2.31. The number of amides is 1. The van der Waals surface area contributed by atoms with Crippen molar-refractivity contribution < 1.29 is 18.0 Å². The van der Waals surface area contributed by atoms with Crippen LogP contribution >= 0.6 is 0 Å². The fourth-order valence-corrected chi connectivity index (χ4v) is 4.55. The number of hydrogen-bond donors (Lipinski definition) is 1. The highest BCUT2D eigenvalue weighted by atomic mass is 19.4. The molecule has 1 amide bonds. The number of aromatic nitrogens is 5. The highest BCUT2D eigenvalue weighted by Crippen LogP contribution is 2.34. The molecular weight excluding hydrogens is 445 g/mol. The number of pyridine rings is 1. The lowest BCUT2D eigenvalue weighted by atomic mass is 9.95. The Bertz CT molecular complexity index is 1330. The molecule has 3 heterocycles. The van der Waals surface area contributed by atoms with E-state index < -0.39 is 11.7 Å². The van der Waals surface area contributed by atoms with E-state index in [4.69, 9.17) is 0 Å². The molecule has 1 saturated carbocycles. The summed E-state index contributed by atoms with van der Waals surface area (Å²) >= 11 is 0. The molecule has 4 aromatic rings. The van der Waals surface area contributed by atoms with Crippen LogP contribution in [-0.4, -0.2) is 30.2 Å². The molecule has 7 nitrogen and oxygen atoms in total. The standard InChI is InChI=1S/C24H23F3N6O/c1-15-18(14-29-33(15)21-12-11-16(13-28-21)24(25,26)27)22(34)31-23-30-19-9-5-6-10-20(19)32(23)17-7-3-2-4-8-17/h5-6,9-14,17H,2-4,7-8H2,1H3,(H,30,31,34). The molecule has 10 heteroatoms. The van der Waals surface area contributed by atoms with Crippen LogP contribution in [0.15, 0.2) is 48.8 Å². The predicted molar refractivity (Wildman–Crippen MR) is 121 cm³/mol. The number of anilines is 1. The van der Waals surface area contributed by atoms with Gasteiger partial charge in [0.05, 0.1) is 34.1 Å². The third-order valence-corrected chi connectivity index (χ3v) is 6.31. The van der Waals surface area contributed by atoms with Crippen molar-refractivity contribution in [1.82, 2.24) is 24.3 Å². The Labute approximate surface area is 193 Å². The zero-order valence-electron chi connectivity index (χ0n) is 18.5. The number of alkyl halides is 3. The Morgan fingerprint density at radius 1 is 1.06 bits per heavy atom. The summed E-state index contributed by atoms with van der Waals surface area (Å²) in [5.41, 5.74) is 1.70. The van der Waals surface area contributed by atoms with Gasteiger partial charge in [-0.15, -0.1) is 0 Å². The lowest BCUT2D eigenvalue weighted by Crippen LogP contribution is -2.20. The Kier molecular flexibility index (Phi) is 5.59. The molecule has 1 N–H and O–H groups in total. The van der Waals surface area contributed by atoms with Gasteiger partial charge in [0.15, 0.2) is 5.82 Å². The van der Waals surface area contributed by atoms with Crippen LogP contribution in [0.25, 0.3) is 16.9 Å². The van der Waals surface area contributed by atoms with Crippen LogP contribution in [0.3, 0.4) is 0 Å². The van der Waals surface area contributed by atoms with Crippen molar-refractivity contribution in [1.29, 1.82) is 0 Å². The summed E-state index contributed by atoms with van der Waals surface area (Å²) in [6.07, 6.45) is 3.20. The molecule has 3 aromatic heterocycles. The first-order chi connectivity index (χ1) is 16.3. The number of nitrogens with zero attached hydrogens (tertiary/aromatic N) is 5. The van der Waals surface area contributed by atoms with Gasteiger partial charge in [0.25, 0.3) is 5.91 Å².